The summed E-state index contributed by atoms with van der Waals surface area (Å²) in [5, 5.41) is 10.1. The molecule has 0 saturated carbocycles. The van der Waals surface area contributed by atoms with E-state index >= 15 is 0 Å². The van der Waals surface area contributed by atoms with Crippen molar-refractivity contribution in [1.29, 1.82) is 0 Å². The van der Waals surface area contributed by atoms with E-state index in [1.807, 2.05) is 37.3 Å². The van der Waals surface area contributed by atoms with Gasteiger partial charge in [-0.25, -0.2) is 0 Å². The lowest BCUT2D eigenvalue weighted by Gasteiger charge is -2.40. The van der Waals surface area contributed by atoms with Crippen LogP contribution in [0.4, 0.5) is 0 Å². The fourth-order valence-corrected chi connectivity index (χ4v) is 2.06. The van der Waals surface area contributed by atoms with E-state index < -0.39 is 6.10 Å². The molecule has 98 valence electrons. The maximum Gasteiger partial charge on any atom is 0.183 e. The number of aliphatic hydroxyl groups excluding tert-OH is 1. The summed E-state index contributed by atoms with van der Waals surface area (Å²) in [5.74, 6) is 0. The van der Waals surface area contributed by atoms with Gasteiger partial charge in [-0.3, -0.25) is 0 Å². The molecule has 1 saturated heterocycles. The number of hydrogen-bond donors (Lipinski definition) is 1. The predicted octanol–water partition coefficient (Wildman–Crippen LogP) is 2.68. The Kier molecular flexibility index (Phi) is 4.17. The molecule has 1 atom stereocenters. The Labute approximate surface area is 108 Å². The summed E-state index contributed by atoms with van der Waals surface area (Å²) in [6.45, 7) is 6.60. The molecular formula is C15H20O3. The Morgan fingerprint density at radius 3 is 2.56 bits per heavy atom. The first kappa shape index (κ1) is 13.3. The Hall–Kier alpha value is -1.16. The number of hydrogen-bond acceptors (Lipinski definition) is 3. The van der Waals surface area contributed by atoms with Gasteiger partial charge in [-0.2, -0.15) is 0 Å². The third kappa shape index (κ3) is 2.80. The Balaban J connectivity index is 1.97. The highest BCUT2D eigenvalue weighted by atomic mass is 16.7. The summed E-state index contributed by atoms with van der Waals surface area (Å²) >= 11 is 0. The van der Waals surface area contributed by atoms with Crippen LogP contribution in [0.3, 0.4) is 0 Å². The van der Waals surface area contributed by atoms with Crippen molar-refractivity contribution >= 4 is 0 Å². The van der Waals surface area contributed by atoms with Gasteiger partial charge in [0.15, 0.2) is 6.29 Å². The Bertz CT molecular complexity index is 380. The van der Waals surface area contributed by atoms with E-state index in [1.54, 1.807) is 6.08 Å². The first-order valence-electron chi connectivity index (χ1n) is 6.23. The molecule has 0 spiro atoms. The fraction of sp³-hybridized carbons (Fsp3) is 0.467. The van der Waals surface area contributed by atoms with Crippen LogP contribution < -0.4 is 0 Å². The molecule has 1 aromatic carbocycles. The molecular weight excluding hydrogens is 228 g/mol. The van der Waals surface area contributed by atoms with Gasteiger partial charge in [-0.1, -0.05) is 43.3 Å². The van der Waals surface area contributed by atoms with Gasteiger partial charge in [0.1, 0.15) is 0 Å². The minimum atomic E-state index is -0.480. The summed E-state index contributed by atoms with van der Waals surface area (Å²) in [4.78, 5) is 0. The molecule has 0 aromatic heterocycles. The second-order valence-corrected chi connectivity index (χ2v) is 5.06. The standard InChI is InChI=1S/C15H20O3/c1-3-7-13(16)15(2)10-17-14(18-11-15)12-8-5-4-6-9-12/h3-6,8-9,13-14,16H,1,7,10-11H2,2H3/t13-,14?,15?/m1/s1. The van der Waals surface area contributed by atoms with Crippen LogP contribution in [-0.4, -0.2) is 24.4 Å². The van der Waals surface area contributed by atoms with E-state index in [-0.39, 0.29) is 11.7 Å². The summed E-state index contributed by atoms with van der Waals surface area (Å²) in [6.07, 6.45) is 1.47. The normalized spacial score (nSPS) is 29.8. The minimum absolute atomic E-state index is 0.324. The summed E-state index contributed by atoms with van der Waals surface area (Å²) in [5.41, 5.74) is 0.650. The molecule has 0 amide bonds. The van der Waals surface area contributed by atoms with Crippen LogP contribution in [0.2, 0.25) is 0 Å². The third-order valence-electron chi connectivity index (χ3n) is 3.40. The monoisotopic (exact) mass is 248 g/mol. The zero-order chi connectivity index (χ0) is 13.0. The molecule has 1 N–H and O–H groups in total. The highest BCUT2D eigenvalue weighted by molar-refractivity contribution is 5.16. The van der Waals surface area contributed by atoms with Crippen molar-refractivity contribution < 1.29 is 14.6 Å². The molecule has 0 unspecified atom stereocenters. The molecule has 1 aliphatic heterocycles. The summed E-state index contributed by atoms with van der Waals surface area (Å²) in [6, 6.07) is 9.84. The van der Waals surface area contributed by atoms with E-state index in [2.05, 4.69) is 6.58 Å². The van der Waals surface area contributed by atoms with E-state index in [1.165, 1.54) is 0 Å². The Morgan fingerprint density at radius 1 is 1.39 bits per heavy atom. The third-order valence-corrected chi connectivity index (χ3v) is 3.40. The van der Waals surface area contributed by atoms with Crippen LogP contribution in [0, 0.1) is 5.41 Å². The highest BCUT2D eigenvalue weighted by Crippen LogP contribution is 2.34. The van der Waals surface area contributed by atoms with E-state index in [0.717, 1.165) is 5.56 Å². The van der Waals surface area contributed by atoms with Crippen molar-refractivity contribution in [3.8, 4) is 0 Å². The Morgan fingerprint density at radius 2 is 2.00 bits per heavy atom. The van der Waals surface area contributed by atoms with Gasteiger partial charge in [0.05, 0.1) is 19.3 Å². The zero-order valence-corrected chi connectivity index (χ0v) is 10.7. The van der Waals surface area contributed by atoms with Gasteiger partial charge in [0, 0.05) is 11.0 Å². The average molecular weight is 248 g/mol. The van der Waals surface area contributed by atoms with Gasteiger partial charge in [0.2, 0.25) is 0 Å². The number of aliphatic hydroxyl groups is 1. The van der Waals surface area contributed by atoms with Gasteiger partial charge < -0.3 is 14.6 Å². The fourth-order valence-electron chi connectivity index (χ4n) is 2.06. The summed E-state index contributed by atoms with van der Waals surface area (Å²) in [7, 11) is 0. The minimum Gasteiger partial charge on any atom is -0.392 e. The van der Waals surface area contributed by atoms with E-state index in [4.69, 9.17) is 9.47 Å². The van der Waals surface area contributed by atoms with Crippen molar-refractivity contribution in [3.05, 3.63) is 48.6 Å². The van der Waals surface area contributed by atoms with Crippen molar-refractivity contribution in [2.24, 2.45) is 5.41 Å². The topological polar surface area (TPSA) is 38.7 Å². The average Bonchev–Trinajstić information content (AvgIpc) is 2.41. The second-order valence-electron chi connectivity index (χ2n) is 5.06. The van der Waals surface area contributed by atoms with Crippen molar-refractivity contribution in [3.63, 3.8) is 0 Å². The van der Waals surface area contributed by atoms with Crippen LogP contribution in [0.25, 0.3) is 0 Å². The van der Waals surface area contributed by atoms with Gasteiger partial charge in [-0.05, 0) is 6.42 Å². The first-order chi connectivity index (χ1) is 8.65. The number of ether oxygens (including phenoxy) is 2. The van der Waals surface area contributed by atoms with Crippen molar-refractivity contribution in [2.75, 3.05) is 13.2 Å². The first-order valence-corrected chi connectivity index (χ1v) is 6.23. The van der Waals surface area contributed by atoms with Crippen LogP contribution in [-0.2, 0) is 9.47 Å². The quantitative estimate of drug-likeness (QED) is 0.833. The second kappa shape index (κ2) is 5.65. The number of rotatable bonds is 4. The lowest BCUT2D eigenvalue weighted by Crippen LogP contribution is -2.45. The number of benzene rings is 1. The summed E-state index contributed by atoms with van der Waals surface area (Å²) < 4.78 is 11.5. The van der Waals surface area contributed by atoms with Crippen molar-refractivity contribution in [2.45, 2.75) is 25.7 Å². The molecule has 0 radical (unpaired) electrons. The molecule has 1 aliphatic rings. The molecule has 2 rings (SSSR count). The molecule has 3 heteroatoms. The maximum absolute atomic E-state index is 10.1. The van der Waals surface area contributed by atoms with Gasteiger partial charge in [-0.15, -0.1) is 6.58 Å². The molecule has 18 heavy (non-hydrogen) atoms. The predicted molar refractivity (Wildman–Crippen MR) is 70.0 cm³/mol. The van der Waals surface area contributed by atoms with Crippen LogP contribution in [0.15, 0.2) is 43.0 Å². The van der Waals surface area contributed by atoms with Crippen LogP contribution >= 0.6 is 0 Å². The van der Waals surface area contributed by atoms with Crippen molar-refractivity contribution in [1.82, 2.24) is 0 Å². The molecule has 3 nitrogen and oxygen atoms in total. The van der Waals surface area contributed by atoms with Crippen LogP contribution in [0.5, 0.6) is 0 Å². The molecule has 1 aromatic rings. The zero-order valence-electron chi connectivity index (χ0n) is 10.7. The maximum atomic E-state index is 10.1. The highest BCUT2D eigenvalue weighted by Gasteiger charge is 2.38. The lowest BCUT2D eigenvalue weighted by molar-refractivity contribution is -0.248. The lowest BCUT2D eigenvalue weighted by atomic mass is 9.83. The SMILES string of the molecule is C=CC[C@@H](O)C1(C)COC(c2ccccc2)OC1. The van der Waals surface area contributed by atoms with Gasteiger partial charge >= 0.3 is 0 Å². The molecule has 0 aliphatic carbocycles. The largest absolute Gasteiger partial charge is 0.392 e. The molecule has 1 fully saturated rings. The van der Waals surface area contributed by atoms with E-state index in [9.17, 15) is 5.11 Å². The molecule has 1 heterocycles. The molecule has 0 bridgehead atoms. The van der Waals surface area contributed by atoms with Gasteiger partial charge in [0.25, 0.3) is 0 Å². The van der Waals surface area contributed by atoms with Crippen LogP contribution in [0.1, 0.15) is 25.2 Å². The smallest absolute Gasteiger partial charge is 0.183 e. The van der Waals surface area contributed by atoms with E-state index in [0.29, 0.717) is 19.6 Å².